The first kappa shape index (κ1) is 13.1. The number of amides is 1. The van der Waals surface area contributed by atoms with E-state index >= 15 is 0 Å². The molecule has 1 fully saturated rings. The van der Waals surface area contributed by atoms with Gasteiger partial charge in [0.05, 0.1) is 0 Å². The zero-order valence-electron chi connectivity index (χ0n) is 10.8. The van der Waals surface area contributed by atoms with E-state index in [4.69, 9.17) is 11.6 Å². The molecule has 1 aliphatic heterocycles. The number of halogens is 1. The molecule has 1 amide bonds. The first-order valence-electron chi connectivity index (χ1n) is 6.10. The van der Waals surface area contributed by atoms with Crippen LogP contribution >= 0.6 is 11.6 Å². The molecule has 98 valence electrons. The van der Waals surface area contributed by atoms with Gasteiger partial charge in [0.1, 0.15) is 6.04 Å². The molecule has 1 atom stereocenters. The fraction of sp³-hybridized carbons (Fsp3) is 0.583. The number of hydrogen-bond donors (Lipinski definition) is 1. The van der Waals surface area contributed by atoms with Crippen LogP contribution in [0, 0.1) is 13.8 Å². The summed E-state index contributed by atoms with van der Waals surface area (Å²) in [7, 11) is 0. The highest BCUT2D eigenvalue weighted by molar-refractivity contribution is 6.30. The quantitative estimate of drug-likeness (QED) is 0.882. The summed E-state index contributed by atoms with van der Waals surface area (Å²) in [5.41, 5.74) is 1.91. The van der Waals surface area contributed by atoms with E-state index in [1.165, 1.54) is 0 Å². The number of piperazine rings is 1. The van der Waals surface area contributed by atoms with E-state index in [2.05, 4.69) is 15.5 Å². The highest BCUT2D eigenvalue weighted by Crippen LogP contribution is 2.26. The first-order chi connectivity index (χ1) is 8.56. The minimum absolute atomic E-state index is 0.0533. The van der Waals surface area contributed by atoms with Crippen LogP contribution in [0.2, 0.25) is 5.15 Å². The van der Waals surface area contributed by atoms with Crippen molar-refractivity contribution in [3.8, 4) is 0 Å². The Morgan fingerprint density at radius 3 is 2.78 bits per heavy atom. The molecule has 0 bridgehead atoms. The molecule has 6 heteroatoms. The molecule has 0 radical (unpaired) electrons. The third-order valence-electron chi connectivity index (χ3n) is 3.43. The van der Waals surface area contributed by atoms with Crippen LogP contribution < -0.4 is 10.2 Å². The van der Waals surface area contributed by atoms with Crippen LogP contribution in [0.3, 0.4) is 0 Å². The van der Waals surface area contributed by atoms with Gasteiger partial charge in [-0.25, -0.2) is 0 Å². The second kappa shape index (κ2) is 5.10. The summed E-state index contributed by atoms with van der Waals surface area (Å²) in [6.07, 6.45) is 0.745. The van der Waals surface area contributed by atoms with Crippen molar-refractivity contribution in [2.24, 2.45) is 0 Å². The molecule has 1 aliphatic rings. The summed E-state index contributed by atoms with van der Waals surface area (Å²) in [6, 6.07) is -0.174. The van der Waals surface area contributed by atoms with Gasteiger partial charge in [-0.1, -0.05) is 18.5 Å². The number of anilines is 1. The summed E-state index contributed by atoms with van der Waals surface area (Å²) >= 11 is 5.95. The average molecular weight is 269 g/mol. The van der Waals surface area contributed by atoms with Crippen molar-refractivity contribution in [1.29, 1.82) is 0 Å². The number of carbonyl (C=O) groups excluding carboxylic acids is 1. The van der Waals surface area contributed by atoms with Gasteiger partial charge < -0.3 is 10.2 Å². The lowest BCUT2D eigenvalue weighted by Gasteiger charge is -2.36. The van der Waals surface area contributed by atoms with Crippen LogP contribution in [0.25, 0.3) is 0 Å². The van der Waals surface area contributed by atoms with Gasteiger partial charge in [0.15, 0.2) is 11.0 Å². The average Bonchev–Trinajstić information content (AvgIpc) is 2.36. The van der Waals surface area contributed by atoms with Gasteiger partial charge in [-0.05, 0) is 31.4 Å². The van der Waals surface area contributed by atoms with E-state index in [-0.39, 0.29) is 11.9 Å². The number of carbonyl (C=O) groups is 1. The maximum atomic E-state index is 11.8. The van der Waals surface area contributed by atoms with Crippen molar-refractivity contribution < 1.29 is 4.79 Å². The maximum Gasteiger partial charge on any atom is 0.242 e. The Labute approximate surface area is 112 Å². The van der Waals surface area contributed by atoms with Crippen LogP contribution in [0.1, 0.15) is 24.5 Å². The predicted molar refractivity (Wildman–Crippen MR) is 71.0 cm³/mol. The standard InChI is InChI=1S/C12H17ClN4O/c1-4-9-12(18)14-5-6-17(9)11-8(3)7(2)10(13)15-16-11/h9H,4-6H2,1-3H3,(H,14,18). The minimum Gasteiger partial charge on any atom is -0.353 e. The molecule has 1 aromatic heterocycles. The van der Waals surface area contributed by atoms with Gasteiger partial charge in [-0.2, -0.15) is 0 Å². The van der Waals surface area contributed by atoms with E-state index in [1.54, 1.807) is 0 Å². The summed E-state index contributed by atoms with van der Waals surface area (Å²) in [5.74, 6) is 0.816. The number of nitrogens with one attached hydrogen (secondary N) is 1. The smallest absolute Gasteiger partial charge is 0.242 e. The van der Waals surface area contributed by atoms with E-state index in [9.17, 15) is 4.79 Å². The van der Waals surface area contributed by atoms with E-state index < -0.39 is 0 Å². The van der Waals surface area contributed by atoms with Gasteiger partial charge in [0.2, 0.25) is 5.91 Å². The number of aromatic nitrogens is 2. The Morgan fingerprint density at radius 1 is 1.39 bits per heavy atom. The van der Waals surface area contributed by atoms with Gasteiger partial charge in [-0.15, -0.1) is 10.2 Å². The first-order valence-corrected chi connectivity index (χ1v) is 6.47. The third-order valence-corrected chi connectivity index (χ3v) is 3.79. The second-order valence-electron chi connectivity index (χ2n) is 4.47. The summed E-state index contributed by atoms with van der Waals surface area (Å²) in [6.45, 7) is 7.26. The molecule has 0 aromatic carbocycles. The summed E-state index contributed by atoms with van der Waals surface area (Å²) in [4.78, 5) is 13.9. The molecule has 0 aliphatic carbocycles. The molecule has 2 rings (SSSR count). The van der Waals surface area contributed by atoms with E-state index in [1.807, 2.05) is 25.7 Å². The lowest BCUT2D eigenvalue weighted by molar-refractivity contribution is -0.123. The Kier molecular flexibility index (Phi) is 3.71. The Balaban J connectivity index is 2.41. The SMILES string of the molecule is CCC1C(=O)NCCN1c1nnc(Cl)c(C)c1C. The second-order valence-corrected chi connectivity index (χ2v) is 4.83. The summed E-state index contributed by atoms with van der Waals surface area (Å²) in [5, 5.41) is 11.4. The minimum atomic E-state index is -0.174. The summed E-state index contributed by atoms with van der Waals surface area (Å²) < 4.78 is 0. The zero-order chi connectivity index (χ0) is 13.3. The molecule has 1 unspecified atom stereocenters. The van der Waals surface area contributed by atoms with Crippen LogP contribution in [0.5, 0.6) is 0 Å². The van der Waals surface area contributed by atoms with Crippen molar-refractivity contribution in [2.75, 3.05) is 18.0 Å². The molecule has 1 saturated heterocycles. The van der Waals surface area contributed by atoms with Gasteiger partial charge in [0.25, 0.3) is 0 Å². The molecule has 2 heterocycles. The highest BCUT2D eigenvalue weighted by atomic mass is 35.5. The predicted octanol–water partition coefficient (Wildman–Crippen LogP) is 1.46. The van der Waals surface area contributed by atoms with E-state index in [0.717, 1.165) is 29.9 Å². The highest BCUT2D eigenvalue weighted by Gasteiger charge is 2.30. The van der Waals surface area contributed by atoms with Crippen molar-refractivity contribution >= 4 is 23.3 Å². The normalized spacial score (nSPS) is 19.9. The van der Waals surface area contributed by atoms with Crippen molar-refractivity contribution in [3.63, 3.8) is 0 Å². The number of hydrogen-bond acceptors (Lipinski definition) is 4. The van der Waals surface area contributed by atoms with Gasteiger partial charge in [0, 0.05) is 13.1 Å². The fourth-order valence-corrected chi connectivity index (χ4v) is 2.39. The Bertz CT molecular complexity index is 477. The number of nitrogens with zero attached hydrogens (tertiary/aromatic N) is 3. The molecule has 1 N–H and O–H groups in total. The fourth-order valence-electron chi connectivity index (χ4n) is 2.21. The van der Waals surface area contributed by atoms with Crippen molar-refractivity contribution in [1.82, 2.24) is 15.5 Å². The largest absolute Gasteiger partial charge is 0.353 e. The number of rotatable bonds is 2. The Morgan fingerprint density at radius 2 is 2.11 bits per heavy atom. The monoisotopic (exact) mass is 268 g/mol. The third kappa shape index (κ3) is 2.14. The van der Waals surface area contributed by atoms with E-state index in [0.29, 0.717) is 11.7 Å². The maximum absolute atomic E-state index is 11.8. The molecular formula is C12H17ClN4O. The molecular weight excluding hydrogens is 252 g/mol. The molecule has 5 nitrogen and oxygen atoms in total. The molecule has 0 spiro atoms. The lowest BCUT2D eigenvalue weighted by Crippen LogP contribution is -2.55. The molecule has 18 heavy (non-hydrogen) atoms. The zero-order valence-corrected chi connectivity index (χ0v) is 11.6. The van der Waals surface area contributed by atoms with Gasteiger partial charge >= 0.3 is 0 Å². The lowest BCUT2D eigenvalue weighted by atomic mass is 10.1. The van der Waals surface area contributed by atoms with Gasteiger partial charge in [-0.3, -0.25) is 4.79 Å². The molecule has 1 aromatic rings. The molecule has 0 saturated carbocycles. The van der Waals surface area contributed by atoms with Crippen LogP contribution in [-0.2, 0) is 4.79 Å². The van der Waals surface area contributed by atoms with Crippen LogP contribution in [0.15, 0.2) is 0 Å². The van der Waals surface area contributed by atoms with Crippen molar-refractivity contribution in [3.05, 3.63) is 16.3 Å². The van der Waals surface area contributed by atoms with Crippen molar-refractivity contribution in [2.45, 2.75) is 33.2 Å². The van der Waals surface area contributed by atoms with Crippen LogP contribution in [0.4, 0.5) is 5.82 Å². The topological polar surface area (TPSA) is 58.1 Å². The van der Waals surface area contributed by atoms with Crippen LogP contribution in [-0.4, -0.2) is 35.2 Å². The Hall–Kier alpha value is -1.36.